The van der Waals surface area contributed by atoms with Crippen LogP contribution in [-0.4, -0.2) is 47.1 Å². The maximum absolute atomic E-state index is 12.9. The van der Waals surface area contributed by atoms with Crippen LogP contribution in [0.3, 0.4) is 0 Å². The molecule has 2 aromatic carbocycles. The Morgan fingerprint density at radius 1 is 1.14 bits per heavy atom. The Morgan fingerprint density at radius 3 is 2.63 bits per heavy atom. The summed E-state index contributed by atoms with van der Waals surface area (Å²) in [4.78, 5) is 39.3. The van der Waals surface area contributed by atoms with Gasteiger partial charge < -0.3 is 20.9 Å². The zero-order valence-electron chi connectivity index (χ0n) is 19.1. The van der Waals surface area contributed by atoms with Crippen LogP contribution in [-0.2, 0) is 4.79 Å². The van der Waals surface area contributed by atoms with Gasteiger partial charge in [0, 0.05) is 30.5 Å². The Kier molecular flexibility index (Phi) is 7.17. The number of hydrogen-bond acceptors (Lipinski definition) is 5. The summed E-state index contributed by atoms with van der Waals surface area (Å²) in [5.74, 6) is -1.04. The molecule has 0 unspecified atom stereocenters. The molecule has 0 bridgehead atoms. The molecule has 0 spiro atoms. The minimum Gasteiger partial charge on any atom is -0.369 e. The van der Waals surface area contributed by atoms with Crippen LogP contribution in [0, 0.1) is 6.92 Å². The van der Waals surface area contributed by atoms with Gasteiger partial charge in [0.05, 0.1) is 22.5 Å². The summed E-state index contributed by atoms with van der Waals surface area (Å²) < 4.78 is 0. The number of halogens is 1. The number of carbonyl (C=O) groups excluding carboxylic acids is 3. The maximum atomic E-state index is 12.9. The molecule has 4 rings (SSSR count). The molecule has 1 aromatic heterocycles. The molecule has 0 saturated carbocycles. The summed E-state index contributed by atoms with van der Waals surface area (Å²) in [5.41, 5.74) is 3.20. The molecule has 0 aliphatic carbocycles. The van der Waals surface area contributed by atoms with Gasteiger partial charge in [0.15, 0.2) is 0 Å². The number of aromatic amines is 1. The second-order valence-electron chi connectivity index (χ2n) is 8.19. The summed E-state index contributed by atoms with van der Waals surface area (Å²) in [6.07, 6.45) is 3.37. The molecule has 1 fully saturated rings. The fourth-order valence-electron chi connectivity index (χ4n) is 3.98. The smallest absolute Gasteiger partial charge is 0.271 e. The zero-order valence-corrected chi connectivity index (χ0v) is 19.9. The van der Waals surface area contributed by atoms with Crippen molar-refractivity contribution in [2.75, 3.05) is 28.6 Å². The molecule has 2 heterocycles. The van der Waals surface area contributed by atoms with Crippen LogP contribution in [0.5, 0.6) is 0 Å². The van der Waals surface area contributed by atoms with E-state index in [9.17, 15) is 14.4 Å². The third-order valence-electron chi connectivity index (χ3n) is 5.77. The third-order valence-corrected chi connectivity index (χ3v) is 6.09. The Balaban J connectivity index is 1.37. The highest BCUT2D eigenvalue weighted by molar-refractivity contribution is 6.34. The lowest BCUT2D eigenvalue weighted by Gasteiger charge is -2.19. The van der Waals surface area contributed by atoms with Gasteiger partial charge in [0.25, 0.3) is 11.8 Å². The van der Waals surface area contributed by atoms with E-state index in [0.717, 1.165) is 24.2 Å². The monoisotopic (exact) mass is 492 g/mol. The molecule has 9 nitrogen and oxygen atoms in total. The predicted molar refractivity (Wildman–Crippen MR) is 136 cm³/mol. The standard InChI is InChI=1S/C25H25ClN6O3/c1-3-21(33)28-16-7-9-18(10-8-16)32-12-11-17(14-32)29-25(35)23-20(13-27-31-23)30-24(34)22-15(2)5-4-6-19(22)26/h3-10,13,17H,1,11-12,14H2,2H3,(H,27,31)(H,28,33)(H,29,35)(H,30,34)/t17-/m0/s1. The van der Waals surface area contributed by atoms with Crippen LogP contribution < -0.4 is 20.9 Å². The molecular weight excluding hydrogens is 468 g/mol. The average molecular weight is 493 g/mol. The summed E-state index contributed by atoms with van der Waals surface area (Å²) >= 11 is 6.19. The van der Waals surface area contributed by atoms with Gasteiger partial charge in [0.2, 0.25) is 5.91 Å². The molecule has 1 aliphatic rings. The van der Waals surface area contributed by atoms with Crippen LogP contribution in [0.4, 0.5) is 17.1 Å². The van der Waals surface area contributed by atoms with Gasteiger partial charge in [-0.3, -0.25) is 19.5 Å². The molecule has 1 saturated heterocycles. The number of aryl methyl sites for hydroxylation is 1. The second-order valence-corrected chi connectivity index (χ2v) is 8.60. The van der Waals surface area contributed by atoms with Crippen molar-refractivity contribution < 1.29 is 14.4 Å². The summed E-state index contributed by atoms with van der Waals surface area (Å²) in [6.45, 7) is 6.62. The summed E-state index contributed by atoms with van der Waals surface area (Å²) in [6, 6.07) is 12.6. The first-order chi connectivity index (χ1) is 16.9. The Morgan fingerprint density at radius 2 is 1.91 bits per heavy atom. The first-order valence-electron chi connectivity index (χ1n) is 11.0. The van der Waals surface area contributed by atoms with E-state index in [4.69, 9.17) is 11.6 Å². The number of H-pyrrole nitrogens is 1. The van der Waals surface area contributed by atoms with Gasteiger partial charge >= 0.3 is 0 Å². The third kappa shape index (κ3) is 5.52. The van der Waals surface area contributed by atoms with Crippen LogP contribution in [0.2, 0.25) is 5.02 Å². The number of carbonyl (C=O) groups is 3. The highest BCUT2D eigenvalue weighted by Gasteiger charge is 2.26. The van der Waals surface area contributed by atoms with E-state index < -0.39 is 5.91 Å². The van der Waals surface area contributed by atoms with Gasteiger partial charge in [-0.25, -0.2) is 0 Å². The Hall–Kier alpha value is -4.11. The van der Waals surface area contributed by atoms with Gasteiger partial charge in [0.1, 0.15) is 5.69 Å². The SMILES string of the molecule is C=CC(=O)Nc1ccc(N2CC[C@H](NC(=O)c3[nH]ncc3NC(=O)c3c(C)cccc3Cl)C2)cc1. The number of amides is 3. The minimum atomic E-state index is -0.414. The van der Waals surface area contributed by atoms with Crippen molar-refractivity contribution in [3.8, 4) is 0 Å². The lowest BCUT2D eigenvalue weighted by molar-refractivity contribution is -0.111. The number of nitrogens with one attached hydrogen (secondary N) is 4. The van der Waals surface area contributed by atoms with E-state index in [1.807, 2.05) is 24.3 Å². The van der Waals surface area contributed by atoms with Crippen molar-refractivity contribution in [3.63, 3.8) is 0 Å². The summed E-state index contributed by atoms with van der Waals surface area (Å²) in [7, 11) is 0. The molecular formula is C25H25ClN6O3. The number of anilines is 3. The highest BCUT2D eigenvalue weighted by atomic mass is 35.5. The summed E-state index contributed by atoms with van der Waals surface area (Å²) in [5, 5.41) is 15.4. The number of aromatic nitrogens is 2. The van der Waals surface area contributed by atoms with Crippen molar-refractivity contribution in [2.24, 2.45) is 0 Å². The molecule has 180 valence electrons. The van der Waals surface area contributed by atoms with Gasteiger partial charge in [-0.2, -0.15) is 5.10 Å². The van der Waals surface area contributed by atoms with Crippen molar-refractivity contribution in [1.29, 1.82) is 0 Å². The molecule has 0 radical (unpaired) electrons. The predicted octanol–water partition coefficient (Wildman–Crippen LogP) is 3.76. The van der Waals surface area contributed by atoms with E-state index in [1.165, 1.54) is 12.3 Å². The highest BCUT2D eigenvalue weighted by Crippen LogP contribution is 2.24. The normalized spacial score (nSPS) is 14.9. The molecule has 4 N–H and O–H groups in total. The Bertz CT molecular complexity index is 1250. The van der Waals surface area contributed by atoms with Gasteiger partial charge in [-0.05, 0) is 55.3 Å². The largest absolute Gasteiger partial charge is 0.369 e. The average Bonchev–Trinajstić information content (AvgIpc) is 3.49. The van der Waals surface area contributed by atoms with Gasteiger partial charge in [-0.1, -0.05) is 30.3 Å². The van der Waals surface area contributed by atoms with Crippen LogP contribution in [0.1, 0.15) is 32.8 Å². The van der Waals surface area contributed by atoms with E-state index >= 15 is 0 Å². The number of benzene rings is 2. The fraction of sp³-hybridized carbons (Fsp3) is 0.200. The fourth-order valence-corrected chi connectivity index (χ4v) is 4.28. The van der Waals surface area contributed by atoms with Crippen molar-refractivity contribution in [2.45, 2.75) is 19.4 Å². The first-order valence-corrected chi connectivity index (χ1v) is 11.4. The van der Waals surface area contributed by atoms with Gasteiger partial charge in [-0.15, -0.1) is 0 Å². The first kappa shape index (κ1) is 24.0. The number of nitrogens with zero attached hydrogens (tertiary/aromatic N) is 2. The van der Waals surface area contributed by atoms with Crippen LogP contribution >= 0.6 is 11.6 Å². The topological polar surface area (TPSA) is 119 Å². The second kappa shape index (κ2) is 10.4. The van der Waals surface area contributed by atoms with Crippen molar-refractivity contribution >= 4 is 46.4 Å². The molecule has 1 atom stereocenters. The molecule has 10 heteroatoms. The van der Waals surface area contributed by atoms with Crippen LogP contribution in [0.15, 0.2) is 61.3 Å². The van der Waals surface area contributed by atoms with E-state index in [1.54, 1.807) is 25.1 Å². The minimum absolute atomic E-state index is 0.0830. The van der Waals surface area contributed by atoms with Crippen molar-refractivity contribution in [3.05, 3.63) is 83.2 Å². The lowest BCUT2D eigenvalue weighted by atomic mass is 10.1. The number of rotatable bonds is 7. The van der Waals surface area contributed by atoms with Crippen molar-refractivity contribution in [1.82, 2.24) is 15.5 Å². The van der Waals surface area contributed by atoms with E-state index in [0.29, 0.717) is 22.8 Å². The van der Waals surface area contributed by atoms with Crippen LogP contribution in [0.25, 0.3) is 0 Å². The molecule has 1 aliphatic heterocycles. The molecule has 3 amide bonds. The lowest BCUT2D eigenvalue weighted by Crippen LogP contribution is -2.37. The molecule has 35 heavy (non-hydrogen) atoms. The van der Waals surface area contributed by atoms with E-state index in [2.05, 4.69) is 37.6 Å². The van der Waals surface area contributed by atoms with E-state index in [-0.39, 0.29) is 29.2 Å². The molecule has 3 aromatic rings. The quantitative estimate of drug-likeness (QED) is 0.374. The Labute approximate surface area is 207 Å². The zero-order chi connectivity index (χ0) is 24.9. The maximum Gasteiger partial charge on any atom is 0.271 e. The number of hydrogen-bond donors (Lipinski definition) is 4.